The van der Waals surface area contributed by atoms with Gasteiger partial charge in [-0.05, 0) is 24.6 Å². The van der Waals surface area contributed by atoms with Gasteiger partial charge in [0.1, 0.15) is 0 Å². The maximum atomic E-state index is 11.5. The van der Waals surface area contributed by atoms with Crippen LogP contribution in [0.25, 0.3) is 0 Å². The summed E-state index contributed by atoms with van der Waals surface area (Å²) in [5.74, 6) is 0. The highest BCUT2D eigenvalue weighted by Gasteiger charge is 2.25. The second-order valence-corrected chi connectivity index (χ2v) is 3.77. The molecule has 4 heteroatoms. The smallest absolute Gasteiger partial charge is 0.318 e. The summed E-state index contributed by atoms with van der Waals surface area (Å²) in [5, 5.41) is 2.79. The van der Waals surface area contributed by atoms with Crippen LogP contribution in [0.3, 0.4) is 0 Å². The quantitative estimate of drug-likeness (QED) is 0.716. The topological polar surface area (TPSA) is 58.4 Å². The molecule has 1 aliphatic rings. The van der Waals surface area contributed by atoms with Crippen LogP contribution in [-0.4, -0.2) is 24.0 Å². The fraction of sp³-hybridized carbons (Fsp3) is 0.364. The number of hydrogen-bond acceptors (Lipinski definition) is 2. The maximum absolute atomic E-state index is 11.5. The van der Waals surface area contributed by atoms with Gasteiger partial charge < -0.3 is 16.0 Å². The van der Waals surface area contributed by atoms with Crippen LogP contribution in [-0.2, 0) is 0 Å². The first-order valence-corrected chi connectivity index (χ1v) is 5.08. The van der Waals surface area contributed by atoms with E-state index in [4.69, 9.17) is 5.73 Å². The van der Waals surface area contributed by atoms with Crippen molar-refractivity contribution in [2.75, 3.05) is 18.8 Å². The molecule has 3 N–H and O–H groups in total. The van der Waals surface area contributed by atoms with Crippen LogP contribution in [0.15, 0.2) is 24.3 Å². The van der Waals surface area contributed by atoms with Crippen LogP contribution < -0.4 is 11.1 Å². The van der Waals surface area contributed by atoms with E-state index in [1.54, 1.807) is 0 Å². The van der Waals surface area contributed by atoms with Crippen molar-refractivity contribution in [3.8, 4) is 0 Å². The summed E-state index contributed by atoms with van der Waals surface area (Å²) in [6, 6.07) is 7.75. The Balaban J connectivity index is 2.20. The van der Waals surface area contributed by atoms with Crippen LogP contribution >= 0.6 is 0 Å². The van der Waals surface area contributed by atoms with Crippen molar-refractivity contribution in [3.05, 3.63) is 29.8 Å². The molecule has 4 nitrogen and oxygen atoms in total. The number of hydrogen-bond donors (Lipinski definition) is 2. The minimum atomic E-state index is 0.00456. The lowest BCUT2D eigenvalue weighted by molar-refractivity contribution is 0.202. The Morgan fingerprint density at radius 2 is 2.33 bits per heavy atom. The molecular weight excluding hydrogens is 190 g/mol. The van der Waals surface area contributed by atoms with Gasteiger partial charge in [-0.1, -0.05) is 12.1 Å². The Labute approximate surface area is 89.1 Å². The molecule has 15 heavy (non-hydrogen) atoms. The zero-order valence-electron chi connectivity index (χ0n) is 8.73. The average Bonchev–Trinajstić information content (AvgIpc) is 2.63. The molecule has 1 aromatic rings. The lowest BCUT2D eigenvalue weighted by atomic mass is 10.1. The monoisotopic (exact) mass is 205 g/mol. The highest BCUT2D eigenvalue weighted by atomic mass is 16.2. The number of nitrogen functional groups attached to an aromatic ring is 1. The van der Waals surface area contributed by atoms with Crippen LogP contribution in [0.2, 0.25) is 0 Å². The minimum Gasteiger partial charge on any atom is -0.399 e. The molecule has 0 aliphatic carbocycles. The molecule has 80 valence electrons. The van der Waals surface area contributed by atoms with E-state index in [-0.39, 0.29) is 12.1 Å². The third kappa shape index (κ3) is 1.88. The molecule has 1 aromatic carbocycles. The standard InChI is InChI=1S/C11H15N3O/c1-8(14-6-5-13-11(14)15)9-3-2-4-10(12)7-9/h2-4,7-8H,5-6,12H2,1H3,(H,13,15). The van der Waals surface area contributed by atoms with Gasteiger partial charge in [0.15, 0.2) is 0 Å². The molecule has 0 bridgehead atoms. The normalized spacial score (nSPS) is 17.7. The number of nitrogens with two attached hydrogens (primary N) is 1. The number of amides is 2. The van der Waals surface area contributed by atoms with Gasteiger partial charge in [-0.25, -0.2) is 4.79 Å². The van der Waals surface area contributed by atoms with E-state index in [1.807, 2.05) is 36.1 Å². The highest BCUT2D eigenvalue weighted by molar-refractivity contribution is 5.76. The number of nitrogens with zero attached hydrogens (tertiary/aromatic N) is 1. The van der Waals surface area contributed by atoms with E-state index in [9.17, 15) is 4.79 Å². The molecule has 0 saturated carbocycles. The fourth-order valence-corrected chi connectivity index (χ4v) is 1.85. The van der Waals surface area contributed by atoms with Crippen LogP contribution in [0.4, 0.5) is 10.5 Å². The molecule has 0 radical (unpaired) electrons. The number of carbonyl (C=O) groups excluding carboxylic acids is 1. The third-order valence-corrected chi connectivity index (χ3v) is 2.75. The van der Waals surface area contributed by atoms with Crippen molar-refractivity contribution in [1.29, 1.82) is 0 Å². The van der Waals surface area contributed by atoms with Crippen molar-refractivity contribution in [3.63, 3.8) is 0 Å². The van der Waals surface area contributed by atoms with Gasteiger partial charge in [0.05, 0.1) is 6.04 Å². The summed E-state index contributed by atoms with van der Waals surface area (Å²) in [4.78, 5) is 13.3. The summed E-state index contributed by atoms with van der Waals surface area (Å²) in [5.41, 5.74) is 7.52. The predicted octanol–water partition coefficient (Wildman–Crippen LogP) is 1.36. The molecule has 2 amide bonds. The Morgan fingerprint density at radius 1 is 1.53 bits per heavy atom. The second-order valence-electron chi connectivity index (χ2n) is 3.77. The van der Waals surface area contributed by atoms with Gasteiger partial charge in [-0.2, -0.15) is 0 Å². The van der Waals surface area contributed by atoms with Crippen molar-refractivity contribution in [1.82, 2.24) is 10.2 Å². The first kappa shape index (κ1) is 9.83. The first-order chi connectivity index (χ1) is 7.18. The second kappa shape index (κ2) is 3.81. The minimum absolute atomic E-state index is 0.00456. The molecule has 1 unspecified atom stereocenters. The number of carbonyl (C=O) groups is 1. The molecule has 0 aromatic heterocycles. The van der Waals surface area contributed by atoms with E-state index in [0.29, 0.717) is 0 Å². The number of anilines is 1. The number of benzene rings is 1. The lowest BCUT2D eigenvalue weighted by Crippen LogP contribution is -2.30. The summed E-state index contributed by atoms with van der Waals surface area (Å²) in [6.45, 7) is 3.50. The van der Waals surface area contributed by atoms with Gasteiger partial charge in [0.25, 0.3) is 0 Å². The number of rotatable bonds is 2. The first-order valence-electron chi connectivity index (χ1n) is 5.08. The van der Waals surface area contributed by atoms with Crippen molar-refractivity contribution in [2.24, 2.45) is 0 Å². The van der Waals surface area contributed by atoms with E-state index in [2.05, 4.69) is 5.32 Å². The maximum Gasteiger partial charge on any atom is 0.318 e. The van der Waals surface area contributed by atoms with Crippen LogP contribution in [0, 0.1) is 0 Å². The van der Waals surface area contributed by atoms with Crippen LogP contribution in [0.1, 0.15) is 18.5 Å². The lowest BCUT2D eigenvalue weighted by Gasteiger charge is -2.23. The van der Waals surface area contributed by atoms with Gasteiger partial charge in [-0.15, -0.1) is 0 Å². The fourth-order valence-electron chi connectivity index (χ4n) is 1.85. The molecule has 1 atom stereocenters. The Bertz CT molecular complexity index is 378. The zero-order chi connectivity index (χ0) is 10.8. The van der Waals surface area contributed by atoms with Gasteiger partial charge >= 0.3 is 6.03 Å². The highest BCUT2D eigenvalue weighted by Crippen LogP contribution is 2.22. The largest absolute Gasteiger partial charge is 0.399 e. The molecule has 1 aliphatic heterocycles. The van der Waals surface area contributed by atoms with Crippen molar-refractivity contribution >= 4 is 11.7 Å². The van der Waals surface area contributed by atoms with E-state index >= 15 is 0 Å². The molecule has 2 rings (SSSR count). The van der Waals surface area contributed by atoms with Crippen molar-refractivity contribution < 1.29 is 4.79 Å². The summed E-state index contributed by atoms with van der Waals surface area (Å²) in [6.07, 6.45) is 0. The summed E-state index contributed by atoms with van der Waals surface area (Å²) in [7, 11) is 0. The number of nitrogens with one attached hydrogen (secondary N) is 1. The SMILES string of the molecule is CC(c1cccc(N)c1)N1CCNC1=O. The molecule has 1 saturated heterocycles. The van der Waals surface area contributed by atoms with Crippen LogP contribution in [0.5, 0.6) is 0 Å². The molecule has 0 spiro atoms. The molecule has 1 fully saturated rings. The molecule has 1 heterocycles. The Hall–Kier alpha value is -1.71. The number of urea groups is 1. The zero-order valence-corrected chi connectivity index (χ0v) is 8.73. The Kier molecular flexibility index (Phi) is 2.49. The van der Waals surface area contributed by atoms with E-state index in [0.717, 1.165) is 24.3 Å². The third-order valence-electron chi connectivity index (χ3n) is 2.75. The van der Waals surface area contributed by atoms with E-state index in [1.165, 1.54) is 0 Å². The Morgan fingerprint density at radius 3 is 2.93 bits per heavy atom. The van der Waals surface area contributed by atoms with Gasteiger partial charge in [0, 0.05) is 18.8 Å². The molecular formula is C11H15N3O. The summed E-state index contributed by atoms with van der Waals surface area (Å²) >= 11 is 0. The summed E-state index contributed by atoms with van der Waals surface area (Å²) < 4.78 is 0. The van der Waals surface area contributed by atoms with Crippen molar-refractivity contribution in [2.45, 2.75) is 13.0 Å². The van der Waals surface area contributed by atoms with Gasteiger partial charge in [0.2, 0.25) is 0 Å². The average molecular weight is 205 g/mol. The van der Waals surface area contributed by atoms with Gasteiger partial charge in [-0.3, -0.25) is 0 Å². The predicted molar refractivity (Wildman–Crippen MR) is 59.4 cm³/mol. The van der Waals surface area contributed by atoms with E-state index < -0.39 is 0 Å².